The van der Waals surface area contributed by atoms with Gasteiger partial charge in [0.05, 0.1) is 12.7 Å². The lowest BCUT2D eigenvalue weighted by atomic mass is 10.1. The van der Waals surface area contributed by atoms with E-state index >= 15 is 0 Å². The molecule has 0 aliphatic carbocycles. The number of hydrogen-bond acceptors (Lipinski definition) is 4. The van der Waals surface area contributed by atoms with Gasteiger partial charge in [-0.05, 0) is 32.9 Å². The first-order chi connectivity index (χ1) is 10.1. The molecule has 2 aliphatic heterocycles. The van der Waals surface area contributed by atoms with Crippen LogP contribution in [0.4, 0.5) is 0 Å². The van der Waals surface area contributed by atoms with Crippen molar-refractivity contribution in [1.82, 2.24) is 10.2 Å². The molecule has 0 aromatic rings. The Kier molecular flexibility index (Phi) is 6.20. The van der Waals surface area contributed by atoms with Crippen molar-refractivity contribution in [1.29, 1.82) is 0 Å². The van der Waals surface area contributed by atoms with Crippen LogP contribution >= 0.6 is 11.8 Å². The van der Waals surface area contributed by atoms with E-state index < -0.39 is 0 Å². The molecule has 122 valence electrons. The number of hydrogen-bond donors (Lipinski definition) is 1. The quantitative estimate of drug-likeness (QED) is 0.630. The molecular formula is C15H29N3O2S. The maximum atomic E-state index is 5.90. The van der Waals surface area contributed by atoms with Crippen LogP contribution in [0.3, 0.4) is 0 Å². The molecular weight excluding hydrogens is 286 g/mol. The van der Waals surface area contributed by atoms with Crippen molar-refractivity contribution < 1.29 is 9.47 Å². The van der Waals surface area contributed by atoms with Crippen LogP contribution < -0.4 is 5.32 Å². The molecule has 2 heterocycles. The Hall–Kier alpha value is -0.460. The van der Waals surface area contributed by atoms with E-state index in [-0.39, 0.29) is 17.0 Å². The van der Waals surface area contributed by atoms with Crippen molar-refractivity contribution in [3.8, 4) is 0 Å². The number of morpholine rings is 1. The fourth-order valence-corrected chi connectivity index (χ4v) is 2.90. The Morgan fingerprint density at radius 1 is 1.33 bits per heavy atom. The van der Waals surface area contributed by atoms with E-state index in [2.05, 4.69) is 35.3 Å². The molecule has 2 atom stereocenters. The van der Waals surface area contributed by atoms with Gasteiger partial charge in [-0.25, -0.2) is 0 Å². The highest BCUT2D eigenvalue weighted by Gasteiger charge is 2.32. The molecule has 2 aliphatic rings. The summed E-state index contributed by atoms with van der Waals surface area (Å²) < 4.78 is 11.9. The zero-order valence-corrected chi connectivity index (χ0v) is 14.5. The van der Waals surface area contributed by atoms with E-state index in [1.54, 1.807) is 0 Å². The number of rotatable bonds is 4. The van der Waals surface area contributed by atoms with E-state index in [0.29, 0.717) is 0 Å². The SMILES string of the molecule is CN=C(NCC(C)(C)SC)N1CCOC(C2CCCO2)C1. The third-order valence-electron chi connectivity index (χ3n) is 4.21. The zero-order chi connectivity index (χ0) is 15.3. The second-order valence-electron chi connectivity index (χ2n) is 6.27. The monoisotopic (exact) mass is 315 g/mol. The molecule has 2 saturated heterocycles. The van der Waals surface area contributed by atoms with Crippen LogP contribution in [-0.4, -0.2) is 74.0 Å². The lowest BCUT2D eigenvalue weighted by molar-refractivity contribution is -0.0817. The normalized spacial score (nSPS) is 28.0. The summed E-state index contributed by atoms with van der Waals surface area (Å²) in [7, 11) is 1.85. The molecule has 0 spiro atoms. The zero-order valence-electron chi connectivity index (χ0n) is 13.7. The van der Waals surface area contributed by atoms with Crippen LogP contribution in [0.1, 0.15) is 26.7 Å². The van der Waals surface area contributed by atoms with Crippen LogP contribution in [-0.2, 0) is 9.47 Å². The minimum absolute atomic E-state index is 0.174. The van der Waals surface area contributed by atoms with E-state index in [4.69, 9.17) is 9.47 Å². The Morgan fingerprint density at radius 2 is 2.10 bits per heavy atom. The third kappa shape index (κ3) is 4.76. The highest BCUT2D eigenvalue weighted by Crippen LogP contribution is 2.22. The molecule has 0 saturated carbocycles. The van der Waals surface area contributed by atoms with Crippen LogP contribution in [0.25, 0.3) is 0 Å². The average Bonchev–Trinajstić information content (AvgIpc) is 3.02. The van der Waals surface area contributed by atoms with Gasteiger partial charge in [-0.2, -0.15) is 11.8 Å². The van der Waals surface area contributed by atoms with Crippen LogP contribution in [0.15, 0.2) is 4.99 Å². The Balaban J connectivity index is 1.88. The highest BCUT2D eigenvalue weighted by atomic mass is 32.2. The predicted molar refractivity (Wildman–Crippen MR) is 89.2 cm³/mol. The number of nitrogens with zero attached hydrogens (tertiary/aromatic N) is 2. The summed E-state index contributed by atoms with van der Waals surface area (Å²) >= 11 is 1.87. The van der Waals surface area contributed by atoms with Gasteiger partial charge < -0.3 is 19.7 Å². The number of aliphatic imine (C=N–C) groups is 1. The number of guanidine groups is 1. The molecule has 2 rings (SSSR count). The van der Waals surface area contributed by atoms with Crippen LogP contribution in [0.2, 0.25) is 0 Å². The summed E-state index contributed by atoms with van der Waals surface area (Å²) in [6.45, 7) is 8.77. The van der Waals surface area contributed by atoms with Gasteiger partial charge in [-0.3, -0.25) is 4.99 Å². The van der Waals surface area contributed by atoms with E-state index in [9.17, 15) is 0 Å². The van der Waals surface area contributed by atoms with Crippen molar-refractivity contribution in [2.75, 3.05) is 46.2 Å². The first-order valence-corrected chi connectivity index (χ1v) is 9.02. The summed E-state index contributed by atoms with van der Waals surface area (Å²) in [5.41, 5.74) is 0. The summed E-state index contributed by atoms with van der Waals surface area (Å²) in [4.78, 5) is 6.73. The van der Waals surface area contributed by atoms with E-state index in [1.165, 1.54) is 0 Å². The number of thioether (sulfide) groups is 1. The lowest BCUT2D eigenvalue weighted by Gasteiger charge is -2.37. The standard InChI is InChI=1S/C15H29N3O2S/c1-15(2,21-4)11-17-14(16-3)18-7-9-20-13(10-18)12-6-5-8-19-12/h12-13H,5-11H2,1-4H3,(H,16,17). The number of ether oxygens (including phenoxy) is 2. The molecule has 0 bridgehead atoms. The highest BCUT2D eigenvalue weighted by molar-refractivity contribution is 7.99. The Morgan fingerprint density at radius 3 is 2.71 bits per heavy atom. The van der Waals surface area contributed by atoms with Crippen molar-refractivity contribution in [3.63, 3.8) is 0 Å². The Labute approximate surface area is 132 Å². The maximum absolute atomic E-state index is 5.90. The smallest absolute Gasteiger partial charge is 0.193 e. The lowest BCUT2D eigenvalue weighted by Crippen LogP contribution is -2.54. The van der Waals surface area contributed by atoms with Crippen LogP contribution in [0, 0.1) is 0 Å². The van der Waals surface area contributed by atoms with Crippen molar-refractivity contribution in [2.24, 2.45) is 4.99 Å². The van der Waals surface area contributed by atoms with Gasteiger partial charge in [-0.1, -0.05) is 0 Å². The van der Waals surface area contributed by atoms with Gasteiger partial charge in [-0.15, -0.1) is 0 Å². The van der Waals surface area contributed by atoms with Gasteiger partial charge in [0.25, 0.3) is 0 Å². The molecule has 5 nitrogen and oxygen atoms in total. The van der Waals surface area contributed by atoms with Gasteiger partial charge in [0, 0.05) is 38.0 Å². The summed E-state index contributed by atoms with van der Waals surface area (Å²) in [5.74, 6) is 0.975. The maximum Gasteiger partial charge on any atom is 0.193 e. The molecule has 2 fully saturated rings. The fraction of sp³-hybridized carbons (Fsp3) is 0.933. The molecule has 6 heteroatoms. The van der Waals surface area contributed by atoms with Crippen molar-refractivity contribution >= 4 is 17.7 Å². The minimum atomic E-state index is 0.174. The summed E-state index contributed by atoms with van der Waals surface area (Å²) in [6.07, 6.45) is 4.85. The topological polar surface area (TPSA) is 46.1 Å². The molecule has 21 heavy (non-hydrogen) atoms. The first kappa shape index (κ1) is 16.9. The van der Waals surface area contributed by atoms with Gasteiger partial charge in [0.2, 0.25) is 0 Å². The van der Waals surface area contributed by atoms with Gasteiger partial charge in [0.1, 0.15) is 6.10 Å². The fourth-order valence-electron chi connectivity index (χ4n) is 2.68. The Bertz CT molecular complexity index is 357. The second-order valence-corrected chi connectivity index (χ2v) is 7.78. The third-order valence-corrected chi connectivity index (χ3v) is 5.46. The first-order valence-electron chi connectivity index (χ1n) is 7.79. The summed E-state index contributed by atoms with van der Waals surface area (Å²) in [5, 5.41) is 3.50. The summed E-state index contributed by atoms with van der Waals surface area (Å²) in [6, 6.07) is 0. The van der Waals surface area contributed by atoms with Crippen LogP contribution in [0.5, 0.6) is 0 Å². The van der Waals surface area contributed by atoms with Crippen molar-refractivity contribution in [2.45, 2.75) is 43.6 Å². The average molecular weight is 315 g/mol. The molecule has 1 N–H and O–H groups in total. The molecule has 0 radical (unpaired) electrons. The van der Waals surface area contributed by atoms with Crippen molar-refractivity contribution in [3.05, 3.63) is 0 Å². The van der Waals surface area contributed by atoms with E-state index in [0.717, 1.165) is 51.6 Å². The minimum Gasteiger partial charge on any atom is -0.375 e. The van der Waals surface area contributed by atoms with Gasteiger partial charge >= 0.3 is 0 Å². The number of nitrogens with one attached hydrogen (secondary N) is 1. The molecule has 0 aromatic carbocycles. The largest absolute Gasteiger partial charge is 0.375 e. The second kappa shape index (κ2) is 7.70. The molecule has 2 unspecified atom stereocenters. The molecule has 0 amide bonds. The molecule has 0 aromatic heterocycles. The predicted octanol–water partition coefficient (Wildman–Crippen LogP) is 1.58. The van der Waals surface area contributed by atoms with Gasteiger partial charge in [0.15, 0.2) is 5.96 Å². The van der Waals surface area contributed by atoms with E-state index in [1.807, 2.05) is 18.8 Å².